The molecule has 31 heavy (non-hydrogen) atoms. The quantitative estimate of drug-likeness (QED) is 0.741. The van der Waals surface area contributed by atoms with Gasteiger partial charge in [-0.05, 0) is 57.9 Å². The zero-order chi connectivity index (χ0) is 22.6. The van der Waals surface area contributed by atoms with E-state index in [0.717, 1.165) is 0 Å². The number of para-hydroxylation sites is 1. The van der Waals surface area contributed by atoms with Crippen LogP contribution in [0.4, 0.5) is 5.69 Å². The lowest BCUT2D eigenvalue weighted by molar-refractivity contribution is -0.120. The Kier molecular flexibility index (Phi) is 6.81. The standard InChI is InChI=1S/C23H29N3O4S/c1-23(2,3)25-22(28)19-13-7-8-14-20(19)24-21(27)17-10-9-15-26(16-17)31(29,30)18-11-5-4-6-12-18/h4-8,11-14,17H,9-10,15-16H2,1-3H3,(H,24,27)(H,25,28)/t17-/m0/s1. The molecule has 1 atom stereocenters. The summed E-state index contributed by atoms with van der Waals surface area (Å²) in [6.07, 6.45) is 1.18. The molecular weight excluding hydrogens is 414 g/mol. The average molecular weight is 444 g/mol. The predicted octanol–water partition coefficient (Wildman–Crippen LogP) is 3.25. The maximum absolute atomic E-state index is 13.0. The number of carbonyl (C=O) groups excluding carboxylic acids is 2. The molecule has 0 aliphatic carbocycles. The predicted molar refractivity (Wildman–Crippen MR) is 120 cm³/mol. The van der Waals surface area contributed by atoms with Gasteiger partial charge in [0, 0.05) is 18.6 Å². The van der Waals surface area contributed by atoms with E-state index >= 15 is 0 Å². The van der Waals surface area contributed by atoms with E-state index < -0.39 is 21.5 Å². The van der Waals surface area contributed by atoms with Gasteiger partial charge in [0.05, 0.1) is 22.1 Å². The summed E-state index contributed by atoms with van der Waals surface area (Å²) in [6, 6.07) is 15.1. The van der Waals surface area contributed by atoms with Crippen molar-refractivity contribution in [2.45, 2.75) is 44.0 Å². The highest BCUT2D eigenvalue weighted by Crippen LogP contribution is 2.25. The van der Waals surface area contributed by atoms with Gasteiger partial charge in [-0.25, -0.2) is 8.42 Å². The number of hydrogen-bond donors (Lipinski definition) is 2. The zero-order valence-corrected chi connectivity index (χ0v) is 18.9. The molecular formula is C23H29N3O4S. The second kappa shape index (κ2) is 9.20. The molecule has 7 nitrogen and oxygen atoms in total. The van der Waals surface area contributed by atoms with Crippen LogP contribution in [-0.4, -0.2) is 43.2 Å². The van der Waals surface area contributed by atoms with E-state index in [4.69, 9.17) is 0 Å². The Labute approximate surface area is 183 Å². The Morgan fingerprint density at radius 1 is 1.00 bits per heavy atom. The van der Waals surface area contributed by atoms with Gasteiger partial charge < -0.3 is 10.6 Å². The third-order valence-corrected chi connectivity index (χ3v) is 6.93. The SMILES string of the molecule is CC(C)(C)NC(=O)c1ccccc1NC(=O)[C@H]1CCCN(S(=O)(=O)c2ccccc2)C1. The minimum atomic E-state index is -3.65. The molecule has 1 fully saturated rings. The van der Waals surface area contributed by atoms with E-state index in [-0.39, 0.29) is 23.3 Å². The zero-order valence-electron chi connectivity index (χ0n) is 18.1. The van der Waals surface area contributed by atoms with Crippen molar-refractivity contribution in [2.24, 2.45) is 5.92 Å². The molecule has 1 saturated heterocycles. The fourth-order valence-corrected chi connectivity index (χ4v) is 5.09. The van der Waals surface area contributed by atoms with Crippen molar-refractivity contribution in [3.05, 3.63) is 60.2 Å². The fourth-order valence-electron chi connectivity index (χ4n) is 3.55. The van der Waals surface area contributed by atoms with Crippen LogP contribution in [0.1, 0.15) is 44.0 Å². The highest BCUT2D eigenvalue weighted by molar-refractivity contribution is 7.89. The summed E-state index contributed by atoms with van der Waals surface area (Å²) in [5, 5.41) is 5.73. The molecule has 2 N–H and O–H groups in total. The third kappa shape index (κ3) is 5.71. The van der Waals surface area contributed by atoms with Gasteiger partial charge in [-0.15, -0.1) is 0 Å². The largest absolute Gasteiger partial charge is 0.347 e. The maximum atomic E-state index is 13.0. The van der Waals surface area contributed by atoms with Crippen LogP contribution in [0.15, 0.2) is 59.5 Å². The molecule has 1 aliphatic rings. The molecule has 2 amide bonds. The van der Waals surface area contributed by atoms with Gasteiger partial charge in [0.15, 0.2) is 0 Å². The first-order valence-electron chi connectivity index (χ1n) is 10.4. The Balaban J connectivity index is 1.74. The van der Waals surface area contributed by atoms with Gasteiger partial charge >= 0.3 is 0 Å². The second-order valence-electron chi connectivity index (χ2n) is 8.75. The smallest absolute Gasteiger partial charge is 0.253 e. The van der Waals surface area contributed by atoms with E-state index in [2.05, 4.69) is 10.6 Å². The van der Waals surface area contributed by atoms with Gasteiger partial charge in [0.1, 0.15) is 0 Å². The summed E-state index contributed by atoms with van der Waals surface area (Å²) in [7, 11) is -3.65. The van der Waals surface area contributed by atoms with Crippen molar-refractivity contribution in [1.82, 2.24) is 9.62 Å². The molecule has 1 aliphatic heterocycles. The number of amides is 2. The van der Waals surface area contributed by atoms with Crippen molar-refractivity contribution in [2.75, 3.05) is 18.4 Å². The minimum absolute atomic E-state index is 0.111. The van der Waals surface area contributed by atoms with Crippen molar-refractivity contribution in [1.29, 1.82) is 0 Å². The molecule has 2 aromatic carbocycles. The van der Waals surface area contributed by atoms with E-state index in [1.165, 1.54) is 4.31 Å². The van der Waals surface area contributed by atoms with Crippen LogP contribution >= 0.6 is 0 Å². The monoisotopic (exact) mass is 443 g/mol. The summed E-state index contributed by atoms with van der Waals surface area (Å²) in [5.41, 5.74) is 0.372. The van der Waals surface area contributed by atoms with Gasteiger partial charge in [-0.2, -0.15) is 4.31 Å². The van der Waals surface area contributed by atoms with Gasteiger partial charge in [0.25, 0.3) is 5.91 Å². The van der Waals surface area contributed by atoms with Crippen LogP contribution in [0.5, 0.6) is 0 Å². The number of rotatable bonds is 5. The third-order valence-electron chi connectivity index (χ3n) is 5.05. The molecule has 0 aromatic heterocycles. The van der Waals surface area contributed by atoms with Crippen LogP contribution in [0.25, 0.3) is 0 Å². The van der Waals surface area contributed by atoms with Crippen LogP contribution in [0, 0.1) is 5.92 Å². The topological polar surface area (TPSA) is 95.6 Å². The summed E-state index contributed by atoms with van der Waals surface area (Å²) < 4.78 is 27.2. The Hall–Kier alpha value is -2.71. The number of anilines is 1. The van der Waals surface area contributed by atoms with Gasteiger partial charge in [-0.1, -0.05) is 30.3 Å². The first-order chi connectivity index (χ1) is 14.6. The molecule has 0 bridgehead atoms. The first kappa shape index (κ1) is 23.0. The van der Waals surface area contributed by atoms with Crippen molar-refractivity contribution in [3.63, 3.8) is 0 Å². The molecule has 0 saturated carbocycles. The number of carbonyl (C=O) groups is 2. The van der Waals surface area contributed by atoms with Crippen LogP contribution in [0.2, 0.25) is 0 Å². The lowest BCUT2D eigenvalue weighted by Gasteiger charge is -2.31. The lowest BCUT2D eigenvalue weighted by Crippen LogP contribution is -2.44. The normalized spacial score (nSPS) is 17.7. The summed E-state index contributed by atoms with van der Waals surface area (Å²) in [5.74, 6) is -1.06. The number of hydrogen-bond acceptors (Lipinski definition) is 4. The van der Waals surface area contributed by atoms with Crippen LogP contribution in [-0.2, 0) is 14.8 Å². The number of nitrogens with zero attached hydrogens (tertiary/aromatic N) is 1. The van der Waals surface area contributed by atoms with Gasteiger partial charge in [-0.3, -0.25) is 9.59 Å². The molecule has 0 unspecified atom stereocenters. The fraction of sp³-hybridized carbons (Fsp3) is 0.391. The van der Waals surface area contributed by atoms with Crippen LogP contribution < -0.4 is 10.6 Å². The number of sulfonamides is 1. The van der Waals surface area contributed by atoms with E-state index in [1.807, 2.05) is 20.8 Å². The van der Waals surface area contributed by atoms with Crippen molar-refractivity contribution in [3.8, 4) is 0 Å². The molecule has 166 valence electrons. The minimum Gasteiger partial charge on any atom is -0.347 e. The molecule has 0 spiro atoms. The highest BCUT2D eigenvalue weighted by Gasteiger charge is 2.33. The Morgan fingerprint density at radius 2 is 1.65 bits per heavy atom. The van der Waals surface area contributed by atoms with Gasteiger partial charge in [0.2, 0.25) is 15.9 Å². The molecule has 0 radical (unpaired) electrons. The number of nitrogens with one attached hydrogen (secondary N) is 2. The summed E-state index contributed by atoms with van der Waals surface area (Å²) in [6.45, 7) is 6.15. The molecule has 8 heteroatoms. The Morgan fingerprint density at radius 3 is 2.32 bits per heavy atom. The molecule has 2 aromatic rings. The van der Waals surface area contributed by atoms with Crippen molar-refractivity contribution >= 4 is 27.5 Å². The number of benzene rings is 2. The molecule has 3 rings (SSSR count). The van der Waals surface area contributed by atoms with E-state index in [1.54, 1.807) is 54.6 Å². The van der Waals surface area contributed by atoms with Crippen molar-refractivity contribution < 1.29 is 18.0 Å². The Bertz CT molecular complexity index is 1050. The summed E-state index contributed by atoms with van der Waals surface area (Å²) in [4.78, 5) is 25.8. The summed E-state index contributed by atoms with van der Waals surface area (Å²) >= 11 is 0. The average Bonchev–Trinajstić information content (AvgIpc) is 2.73. The maximum Gasteiger partial charge on any atom is 0.253 e. The number of piperidine rings is 1. The molecule has 1 heterocycles. The highest BCUT2D eigenvalue weighted by atomic mass is 32.2. The van der Waals surface area contributed by atoms with Crippen LogP contribution in [0.3, 0.4) is 0 Å². The van der Waals surface area contributed by atoms with E-state index in [0.29, 0.717) is 30.6 Å². The first-order valence-corrected chi connectivity index (χ1v) is 11.8. The second-order valence-corrected chi connectivity index (χ2v) is 10.7. The van der Waals surface area contributed by atoms with E-state index in [9.17, 15) is 18.0 Å². The lowest BCUT2D eigenvalue weighted by atomic mass is 9.98.